The second-order valence-corrected chi connectivity index (χ2v) is 6.76. The van der Waals surface area contributed by atoms with Gasteiger partial charge in [0.25, 0.3) is 0 Å². The van der Waals surface area contributed by atoms with E-state index in [-0.39, 0.29) is 11.3 Å². The van der Waals surface area contributed by atoms with Gasteiger partial charge >= 0.3 is 5.97 Å². The fraction of sp³-hybridized carbons (Fsp3) is 0.357. The summed E-state index contributed by atoms with van der Waals surface area (Å²) >= 11 is 0. The van der Waals surface area contributed by atoms with Crippen molar-refractivity contribution in [2.45, 2.75) is 30.7 Å². The Morgan fingerprint density at radius 1 is 1.52 bits per heavy atom. The number of carboxylic acid groups (broad SMARTS) is 1. The van der Waals surface area contributed by atoms with E-state index in [2.05, 4.69) is 11.3 Å². The van der Waals surface area contributed by atoms with E-state index in [0.29, 0.717) is 17.9 Å². The van der Waals surface area contributed by atoms with E-state index in [1.165, 1.54) is 12.1 Å². The normalized spacial score (nSPS) is 15.1. The Balaban J connectivity index is 2.24. The maximum absolute atomic E-state index is 12.3. The van der Waals surface area contributed by atoms with Crippen LogP contribution in [0.25, 0.3) is 0 Å². The molecule has 2 rings (SSSR count). The molecule has 114 valence electrons. The molecule has 1 aromatic carbocycles. The number of carbonyl (C=O) groups is 1. The molecule has 0 radical (unpaired) electrons. The maximum Gasteiger partial charge on any atom is 0.322 e. The molecule has 0 spiro atoms. The van der Waals surface area contributed by atoms with Gasteiger partial charge in [-0.15, -0.1) is 6.58 Å². The van der Waals surface area contributed by atoms with Crippen LogP contribution in [0, 0.1) is 0 Å². The highest BCUT2D eigenvalue weighted by Crippen LogP contribution is 2.28. The third-order valence-corrected chi connectivity index (χ3v) is 4.60. The van der Waals surface area contributed by atoms with Gasteiger partial charge in [-0.05, 0) is 25.0 Å². The molecule has 21 heavy (non-hydrogen) atoms. The molecule has 1 aliphatic heterocycles. The average molecular weight is 311 g/mol. The minimum absolute atomic E-state index is 0.00360. The Labute approximate surface area is 123 Å². The van der Waals surface area contributed by atoms with Gasteiger partial charge in [-0.3, -0.25) is 4.79 Å². The number of carboxylic acids is 1. The molecule has 1 aromatic rings. The molecule has 0 aromatic heterocycles. The van der Waals surface area contributed by atoms with Crippen LogP contribution < -0.4 is 9.46 Å². The zero-order chi connectivity index (χ0) is 15.6. The van der Waals surface area contributed by atoms with Crippen molar-refractivity contribution in [2.75, 3.05) is 6.61 Å². The smallest absolute Gasteiger partial charge is 0.322 e. The molecule has 1 unspecified atom stereocenters. The van der Waals surface area contributed by atoms with Gasteiger partial charge in [0.15, 0.2) is 0 Å². The molecule has 1 heterocycles. The fourth-order valence-corrected chi connectivity index (χ4v) is 3.30. The molecule has 0 saturated heterocycles. The van der Waals surface area contributed by atoms with Crippen LogP contribution in [0.15, 0.2) is 35.2 Å². The van der Waals surface area contributed by atoms with Crippen LogP contribution in [0.5, 0.6) is 5.75 Å². The number of benzene rings is 1. The van der Waals surface area contributed by atoms with Gasteiger partial charge in [0, 0.05) is 12.5 Å². The predicted molar refractivity (Wildman–Crippen MR) is 76.8 cm³/mol. The van der Waals surface area contributed by atoms with Crippen molar-refractivity contribution in [3.8, 4) is 5.75 Å². The van der Waals surface area contributed by atoms with Gasteiger partial charge in [-0.2, -0.15) is 4.72 Å². The molecule has 1 aliphatic rings. The summed E-state index contributed by atoms with van der Waals surface area (Å²) in [5.41, 5.74) is 1.54. The van der Waals surface area contributed by atoms with E-state index < -0.39 is 22.0 Å². The van der Waals surface area contributed by atoms with Crippen molar-refractivity contribution >= 4 is 16.0 Å². The summed E-state index contributed by atoms with van der Waals surface area (Å²) < 4.78 is 32.1. The van der Waals surface area contributed by atoms with E-state index in [4.69, 9.17) is 9.84 Å². The summed E-state index contributed by atoms with van der Waals surface area (Å²) in [5, 5.41) is 9.09. The molecule has 6 nitrogen and oxygen atoms in total. The highest BCUT2D eigenvalue weighted by molar-refractivity contribution is 7.89. The Morgan fingerprint density at radius 3 is 2.86 bits per heavy atom. The number of aliphatic carboxylic acids is 1. The lowest BCUT2D eigenvalue weighted by Gasteiger charge is -2.15. The summed E-state index contributed by atoms with van der Waals surface area (Å²) in [6.07, 6.45) is 0.784. The molecule has 0 bridgehead atoms. The lowest BCUT2D eigenvalue weighted by Crippen LogP contribution is -2.40. The summed E-state index contributed by atoms with van der Waals surface area (Å²) in [7, 11) is -3.92. The van der Waals surface area contributed by atoms with Gasteiger partial charge in [-0.1, -0.05) is 11.6 Å². The highest BCUT2D eigenvalue weighted by Gasteiger charge is 2.26. The number of fused-ring (bicyclic) bond motifs is 1. The van der Waals surface area contributed by atoms with Crippen molar-refractivity contribution in [3.63, 3.8) is 0 Å². The van der Waals surface area contributed by atoms with Crippen LogP contribution in [-0.4, -0.2) is 32.1 Å². The number of hydrogen-bond donors (Lipinski definition) is 2. The number of nitrogens with one attached hydrogen (secondary N) is 1. The van der Waals surface area contributed by atoms with E-state index in [0.717, 1.165) is 12.0 Å². The second kappa shape index (κ2) is 5.87. The average Bonchev–Trinajstić information content (AvgIpc) is 2.84. The van der Waals surface area contributed by atoms with Crippen LogP contribution in [0.2, 0.25) is 0 Å². The second-order valence-electron chi connectivity index (χ2n) is 5.04. The minimum Gasteiger partial charge on any atom is -0.493 e. The summed E-state index contributed by atoms with van der Waals surface area (Å²) in [4.78, 5) is 11.1. The monoisotopic (exact) mass is 311 g/mol. The Kier molecular flexibility index (Phi) is 4.34. The van der Waals surface area contributed by atoms with Crippen LogP contribution in [0.3, 0.4) is 0 Å². The van der Waals surface area contributed by atoms with E-state index >= 15 is 0 Å². The standard InChI is InChI=1S/C14H17NO5S/c1-9(2)7-12(14(16)17)15-21(18,19)11-4-3-10-5-6-20-13(10)8-11/h3-4,8,12,15H,1,5-7H2,2H3,(H,16,17). The van der Waals surface area contributed by atoms with E-state index in [1.54, 1.807) is 13.0 Å². The van der Waals surface area contributed by atoms with Crippen molar-refractivity contribution in [1.82, 2.24) is 4.72 Å². The van der Waals surface area contributed by atoms with Crippen LogP contribution >= 0.6 is 0 Å². The molecule has 2 N–H and O–H groups in total. The molecule has 7 heteroatoms. The first-order chi connectivity index (χ1) is 9.79. The number of rotatable bonds is 6. The predicted octanol–water partition coefficient (Wildman–Crippen LogP) is 1.32. The number of hydrogen-bond acceptors (Lipinski definition) is 4. The summed E-state index contributed by atoms with van der Waals surface area (Å²) in [5.74, 6) is -0.705. The molecular formula is C14H17NO5S. The van der Waals surface area contributed by atoms with Gasteiger partial charge in [-0.25, -0.2) is 8.42 Å². The maximum atomic E-state index is 12.3. The number of sulfonamides is 1. The lowest BCUT2D eigenvalue weighted by molar-refractivity contribution is -0.138. The SMILES string of the molecule is C=C(C)CC(NS(=O)(=O)c1ccc2c(c1)OCC2)C(=O)O. The van der Waals surface area contributed by atoms with Crippen molar-refractivity contribution in [1.29, 1.82) is 0 Å². The van der Waals surface area contributed by atoms with Gasteiger partial charge in [0.2, 0.25) is 10.0 Å². The zero-order valence-corrected chi connectivity index (χ0v) is 12.4. The molecule has 1 atom stereocenters. The molecule has 0 fully saturated rings. The first-order valence-corrected chi connectivity index (χ1v) is 7.93. The Morgan fingerprint density at radius 2 is 2.24 bits per heavy atom. The minimum atomic E-state index is -3.92. The van der Waals surface area contributed by atoms with Gasteiger partial charge in [0.05, 0.1) is 11.5 Å². The third-order valence-electron chi connectivity index (χ3n) is 3.13. The largest absolute Gasteiger partial charge is 0.493 e. The van der Waals surface area contributed by atoms with Crippen LogP contribution in [0.4, 0.5) is 0 Å². The Bertz CT molecular complexity index is 681. The first kappa shape index (κ1) is 15.5. The molecule has 0 aliphatic carbocycles. The van der Waals surface area contributed by atoms with Crippen molar-refractivity contribution < 1.29 is 23.1 Å². The number of ether oxygens (including phenoxy) is 1. The third kappa shape index (κ3) is 3.62. The Hall–Kier alpha value is -1.86. The van der Waals surface area contributed by atoms with Crippen molar-refractivity contribution in [3.05, 3.63) is 35.9 Å². The first-order valence-electron chi connectivity index (χ1n) is 6.45. The quantitative estimate of drug-likeness (QED) is 0.773. The van der Waals surface area contributed by atoms with E-state index in [1.807, 2.05) is 0 Å². The van der Waals surface area contributed by atoms with Crippen LogP contribution in [0.1, 0.15) is 18.9 Å². The molecule has 0 saturated carbocycles. The van der Waals surface area contributed by atoms with Gasteiger partial charge < -0.3 is 9.84 Å². The van der Waals surface area contributed by atoms with Gasteiger partial charge in [0.1, 0.15) is 11.8 Å². The summed E-state index contributed by atoms with van der Waals surface area (Å²) in [6, 6.07) is 3.33. The van der Waals surface area contributed by atoms with E-state index in [9.17, 15) is 13.2 Å². The zero-order valence-electron chi connectivity index (χ0n) is 11.6. The van der Waals surface area contributed by atoms with Crippen LogP contribution in [-0.2, 0) is 21.2 Å². The topological polar surface area (TPSA) is 92.7 Å². The molecular weight excluding hydrogens is 294 g/mol. The lowest BCUT2D eigenvalue weighted by atomic mass is 10.1. The highest BCUT2D eigenvalue weighted by atomic mass is 32.2. The molecule has 0 amide bonds. The fourth-order valence-electron chi connectivity index (χ4n) is 2.10. The van der Waals surface area contributed by atoms with Crippen molar-refractivity contribution in [2.24, 2.45) is 0 Å². The summed E-state index contributed by atoms with van der Waals surface area (Å²) in [6.45, 7) is 5.78.